The van der Waals surface area contributed by atoms with Gasteiger partial charge in [-0.15, -0.1) is 0 Å². The Morgan fingerprint density at radius 3 is 2.33 bits per heavy atom. The molecule has 4 aromatic rings. The molecule has 3 aromatic carbocycles. The highest BCUT2D eigenvalue weighted by Gasteiger charge is 2.34. The van der Waals surface area contributed by atoms with E-state index in [4.69, 9.17) is 4.74 Å². The number of amides is 3. The van der Waals surface area contributed by atoms with Crippen LogP contribution in [0.2, 0.25) is 0 Å². The number of halogens is 3. The second-order valence-corrected chi connectivity index (χ2v) is 14.3. The van der Waals surface area contributed by atoms with Crippen LogP contribution in [0, 0.1) is 0 Å². The molecule has 13 heteroatoms. The van der Waals surface area contributed by atoms with Crippen LogP contribution in [0.25, 0.3) is 11.3 Å². The molecule has 288 valence electrons. The highest BCUT2D eigenvalue weighted by Crippen LogP contribution is 2.34. The van der Waals surface area contributed by atoms with Crippen LogP contribution in [0.3, 0.4) is 0 Å². The number of benzene rings is 3. The molecule has 1 aromatic heterocycles. The number of hydrogen-bond acceptors (Lipinski definition) is 7. The number of carbonyl (C=O) groups is 3. The molecule has 0 unspecified atom stereocenters. The first-order chi connectivity index (χ1) is 26.6. The Kier molecular flexibility index (Phi) is 11.8. The van der Waals surface area contributed by atoms with Crippen molar-refractivity contribution in [3.8, 4) is 11.3 Å². The Balaban J connectivity index is 1.10. The maximum Gasteiger partial charge on any atom is 0.416 e. The van der Waals surface area contributed by atoms with Crippen LogP contribution in [-0.4, -0.2) is 91.0 Å². The number of nitrogens with one attached hydrogen (secondary N) is 2. The zero-order chi connectivity index (χ0) is 38.4. The van der Waals surface area contributed by atoms with Crippen LogP contribution < -0.4 is 15.5 Å². The molecule has 3 amide bonds. The molecule has 2 saturated heterocycles. The first kappa shape index (κ1) is 38.0. The molecule has 7 rings (SSSR count). The lowest BCUT2D eigenvalue weighted by atomic mass is 10.0. The Morgan fingerprint density at radius 2 is 1.56 bits per heavy atom. The van der Waals surface area contributed by atoms with Gasteiger partial charge in [-0.1, -0.05) is 18.2 Å². The third kappa shape index (κ3) is 9.70. The molecule has 0 bridgehead atoms. The average Bonchev–Trinajstić information content (AvgIpc) is 4.06. The van der Waals surface area contributed by atoms with Crippen LogP contribution in [0.5, 0.6) is 0 Å². The predicted octanol–water partition coefficient (Wildman–Crippen LogP) is 6.88. The predicted molar refractivity (Wildman–Crippen MR) is 204 cm³/mol. The van der Waals surface area contributed by atoms with E-state index in [-0.39, 0.29) is 24.1 Å². The fraction of sp³-hybridized carbons (Fsp3) is 0.381. The third-order valence-corrected chi connectivity index (χ3v) is 10.4. The van der Waals surface area contributed by atoms with Gasteiger partial charge < -0.3 is 25.2 Å². The lowest BCUT2D eigenvalue weighted by Crippen LogP contribution is -2.43. The van der Waals surface area contributed by atoms with Gasteiger partial charge in [0.2, 0.25) is 0 Å². The first-order valence-corrected chi connectivity index (χ1v) is 18.9. The van der Waals surface area contributed by atoms with E-state index in [1.807, 2.05) is 23.1 Å². The molecule has 0 spiro atoms. The zero-order valence-electron chi connectivity index (χ0n) is 30.6. The number of pyridine rings is 1. The zero-order valence-corrected chi connectivity index (χ0v) is 30.6. The van der Waals surface area contributed by atoms with Gasteiger partial charge in [-0.05, 0) is 98.3 Å². The van der Waals surface area contributed by atoms with Crippen molar-refractivity contribution in [2.45, 2.75) is 50.9 Å². The minimum atomic E-state index is -4.49. The molecule has 0 radical (unpaired) electrons. The summed E-state index contributed by atoms with van der Waals surface area (Å²) in [6.07, 6.45) is 2.23. The maximum atomic E-state index is 13.9. The summed E-state index contributed by atoms with van der Waals surface area (Å²) in [5.41, 5.74) is 3.04. The molecule has 3 aliphatic rings. The van der Waals surface area contributed by atoms with Crippen molar-refractivity contribution in [3.63, 3.8) is 0 Å². The van der Waals surface area contributed by atoms with Gasteiger partial charge in [0.25, 0.3) is 17.7 Å². The van der Waals surface area contributed by atoms with E-state index in [0.717, 1.165) is 82.6 Å². The Morgan fingerprint density at radius 1 is 0.818 bits per heavy atom. The quantitative estimate of drug-likeness (QED) is 0.163. The topological polar surface area (TPSA) is 107 Å². The van der Waals surface area contributed by atoms with E-state index in [1.54, 1.807) is 30.3 Å². The van der Waals surface area contributed by atoms with Crippen molar-refractivity contribution in [3.05, 3.63) is 113 Å². The number of alkyl halides is 3. The molecule has 3 heterocycles. The number of morpholine rings is 1. The van der Waals surface area contributed by atoms with Gasteiger partial charge >= 0.3 is 6.18 Å². The highest BCUT2D eigenvalue weighted by atomic mass is 19.4. The molecule has 1 saturated carbocycles. The number of carbonyl (C=O) groups excluding carboxylic acids is 3. The summed E-state index contributed by atoms with van der Waals surface area (Å²) in [4.78, 5) is 52.0. The molecule has 2 aliphatic heterocycles. The monoisotopic (exact) mass is 754 g/mol. The maximum absolute atomic E-state index is 13.9. The second kappa shape index (κ2) is 17.0. The largest absolute Gasteiger partial charge is 0.416 e. The van der Waals surface area contributed by atoms with Crippen molar-refractivity contribution in [1.29, 1.82) is 0 Å². The number of piperidine rings is 1. The Labute approximate surface area is 318 Å². The van der Waals surface area contributed by atoms with Crippen molar-refractivity contribution >= 4 is 29.1 Å². The molecule has 1 aliphatic carbocycles. The van der Waals surface area contributed by atoms with Crippen molar-refractivity contribution in [2.24, 2.45) is 0 Å². The van der Waals surface area contributed by atoms with Crippen molar-refractivity contribution in [2.75, 3.05) is 62.7 Å². The van der Waals surface area contributed by atoms with E-state index < -0.39 is 23.6 Å². The minimum absolute atomic E-state index is 0.0932. The Bertz CT molecular complexity index is 2010. The molecule has 0 atom stereocenters. The highest BCUT2D eigenvalue weighted by molar-refractivity contribution is 6.08. The van der Waals surface area contributed by atoms with Gasteiger partial charge in [0.1, 0.15) is 0 Å². The molecule has 55 heavy (non-hydrogen) atoms. The standard InChI is InChI=1S/C42H45F3N6O4/c43-42(44,45)33-9-4-6-29(24-33)28-47-39(52)31-14-15-46-38(26-31)36-27-35(50-16-2-1-3-17-50)12-13-37(36)48-40(53)30-7-5-8-32(25-30)41(54)51(34-10-11-34)19-18-49-20-22-55-23-21-49/h4-9,12-15,24-27,34H,1-3,10-11,16-23,28H2,(H,47,52)(H,48,53). The van der Waals surface area contributed by atoms with Crippen LogP contribution in [0.1, 0.15) is 74.3 Å². The fourth-order valence-corrected chi connectivity index (χ4v) is 7.13. The molecule has 3 fully saturated rings. The van der Waals surface area contributed by atoms with Crippen molar-refractivity contribution < 1.29 is 32.3 Å². The number of anilines is 2. The second-order valence-electron chi connectivity index (χ2n) is 14.3. The van der Waals surface area contributed by atoms with Crippen LogP contribution in [0.15, 0.2) is 85.1 Å². The summed E-state index contributed by atoms with van der Waals surface area (Å²) in [5, 5.41) is 5.74. The average molecular weight is 755 g/mol. The van der Waals surface area contributed by atoms with Crippen LogP contribution >= 0.6 is 0 Å². The smallest absolute Gasteiger partial charge is 0.379 e. The number of nitrogens with zero attached hydrogens (tertiary/aromatic N) is 4. The minimum Gasteiger partial charge on any atom is -0.379 e. The Hall–Kier alpha value is -5.27. The van der Waals surface area contributed by atoms with Crippen LogP contribution in [0.4, 0.5) is 24.5 Å². The van der Waals surface area contributed by atoms with E-state index in [2.05, 4.69) is 25.4 Å². The fourth-order valence-electron chi connectivity index (χ4n) is 7.13. The lowest BCUT2D eigenvalue weighted by Gasteiger charge is -2.30. The summed E-state index contributed by atoms with van der Waals surface area (Å²) < 4.78 is 45.2. The van der Waals surface area contributed by atoms with Gasteiger partial charge in [-0.25, -0.2) is 0 Å². The van der Waals surface area contributed by atoms with Crippen LogP contribution in [-0.2, 0) is 17.5 Å². The first-order valence-electron chi connectivity index (χ1n) is 18.9. The van der Waals surface area contributed by atoms with Gasteiger partial charge in [-0.3, -0.25) is 24.3 Å². The number of hydrogen-bond donors (Lipinski definition) is 2. The van der Waals surface area contributed by atoms with Gasteiger partial charge in [0, 0.05) is 86.0 Å². The lowest BCUT2D eigenvalue weighted by molar-refractivity contribution is -0.137. The number of rotatable bonds is 12. The van der Waals surface area contributed by atoms with Gasteiger partial charge in [0.15, 0.2) is 0 Å². The summed E-state index contributed by atoms with van der Waals surface area (Å²) in [6, 6.07) is 20.7. The van der Waals surface area contributed by atoms with Crippen molar-refractivity contribution in [1.82, 2.24) is 20.1 Å². The molecule has 2 N–H and O–H groups in total. The molecular weight excluding hydrogens is 709 g/mol. The summed E-state index contributed by atoms with van der Waals surface area (Å²) in [7, 11) is 0. The normalized spacial score (nSPS) is 16.4. The summed E-state index contributed by atoms with van der Waals surface area (Å²) >= 11 is 0. The summed E-state index contributed by atoms with van der Waals surface area (Å²) in [5.74, 6) is -0.974. The van der Waals surface area contributed by atoms with E-state index >= 15 is 0 Å². The third-order valence-electron chi connectivity index (χ3n) is 10.4. The van der Waals surface area contributed by atoms with Gasteiger partial charge in [0.05, 0.1) is 30.2 Å². The molecule has 10 nitrogen and oxygen atoms in total. The summed E-state index contributed by atoms with van der Waals surface area (Å²) in [6.45, 7) is 6.15. The number of ether oxygens (including phenoxy) is 1. The van der Waals surface area contributed by atoms with Gasteiger partial charge in [-0.2, -0.15) is 13.2 Å². The van der Waals surface area contributed by atoms with E-state index in [1.165, 1.54) is 24.4 Å². The van der Waals surface area contributed by atoms with E-state index in [0.29, 0.717) is 53.4 Å². The molecular formula is C42H45F3N6O4. The number of aromatic nitrogens is 1. The van der Waals surface area contributed by atoms with E-state index in [9.17, 15) is 27.6 Å². The SMILES string of the molecule is O=C(NCc1cccc(C(F)(F)F)c1)c1ccnc(-c2cc(N3CCCCC3)ccc2NC(=O)c2cccc(C(=O)N(CCN3CCOCC3)C3CC3)c2)c1.